The molecule has 2 heterocycles. The average Bonchev–Trinajstić information content (AvgIpc) is 3.18. The van der Waals surface area contributed by atoms with Gasteiger partial charge in [0.1, 0.15) is 36.2 Å². The average molecular weight is 831 g/mol. The fourth-order valence-corrected chi connectivity index (χ4v) is 8.28. The Balaban J connectivity index is 1.57. The van der Waals surface area contributed by atoms with E-state index in [-0.39, 0.29) is 46.4 Å². The maximum absolute atomic E-state index is 12.4. The summed E-state index contributed by atoms with van der Waals surface area (Å²) in [5, 5.41) is 24.8. The van der Waals surface area contributed by atoms with E-state index in [9.17, 15) is 10.2 Å². The molecule has 324 valence electrons. The Morgan fingerprint density at radius 2 is 0.661 bits per heavy atom. The van der Waals surface area contributed by atoms with Gasteiger partial charge in [0.15, 0.2) is 0 Å². The predicted octanol–water partition coefficient (Wildman–Crippen LogP) is 12.9. The summed E-state index contributed by atoms with van der Waals surface area (Å²) in [6.45, 7) is 27.3. The van der Waals surface area contributed by atoms with Gasteiger partial charge in [-0.2, -0.15) is 0 Å². The Hall–Kier alpha value is -5.62. The number of aromatic nitrogens is 2. The summed E-state index contributed by atoms with van der Waals surface area (Å²) in [6.07, 6.45) is 5.35. The molecular weight excluding hydrogens is 765 g/mol. The zero-order valence-electron chi connectivity index (χ0n) is 39.1. The lowest BCUT2D eigenvalue weighted by atomic mass is 9.79. The van der Waals surface area contributed by atoms with E-state index in [1.807, 2.05) is 36.4 Å². The summed E-state index contributed by atoms with van der Waals surface area (Å²) >= 11 is 0. The summed E-state index contributed by atoms with van der Waals surface area (Å²) < 4.78 is 14.0. The van der Waals surface area contributed by atoms with Crippen LogP contribution in [0.25, 0.3) is 0 Å². The van der Waals surface area contributed by atoms with E-state index in [4.69, 9.17) is 9.47 Å². The van der Waals surface area contributed by atoms with Crippen molar-refractivity contribution in [1.82, 2.24) is 9.97 Å². The van der Waals surface area contributed by atoms with Crippen LogP contribution in [-0.4, -0.2) is 20.2 Å². The highest BCUT2D eigenvalue weighted by Crippen LogP contribution is 2.44. The standard InChI is InChI=1S/C56H66N2O4/c1-53(2,3)43-25-35-21-36-26-44(54(4,5)6)28-38(50(36)60)23-40-30-46(56(10,11)12)32-42(52(40)62-34-48-18-14-16-20-58-48)24-41-31-45(55(7,8)9)29-39(22-37(27-43)49(35)59)51(41)61-33-47-17-13-15-19-57-47/h13-20,25-32,59-60H,21-24,33-34H2,1-12H3. The second-order valence-electron chi connectivity index (χ2n) is 21.5. The fraction of sp³-hybridized carbons (Fsp3) is 0.393. The summed E-state index contributed by atoms with van der Waals surface area (Å²) in [5.41, 5.74) is 12.7. The molecular formula is C56H66N2O4. The number of hydrogen-bond donors (Lipinski definition) is 2. The van der Waals surface area contributed by atoms with Gasteiger partial charge in [-0.15, -0.1) is 0 Å². The number of phenolic OH excluding ortho intramolecular Hbond substituents is 2. The van der Waals surface area contributed by atoms with Crippen LogP contribution < -0.4 is 9.47 Å². The third-order valence-electron chi connectivity index (χ3n) is 12.2. The minimum atomic E-state index is -0.200. The molecule has 0 atom stereocenters. The van der Waals surface area contributed by atoms with E-state index in [1.54, 1.807) is 12.4 Å². The van der Waals surface area contributed by atoms with Crippen LogP contribution in [0.5, 0.6) is 23.0 Å². The van der Waals surface area contributed by atoms with Crippen LogP contribution in [0.2, 0.25) is 0 Å². The number of nitrogens with zero attached hydrogens (tertiary/aromatic N) is 2. The Labute approximate surface area is 370 Å². The van der Waals surface area contributed by atoms with Crippen molar-refractivity contribution < 1.29 is 19.7 Å². The molecule has 2 N–H and O–H groups in total. The maximum Gasteiger partial charge on any atom is 0.130 e. The number of hydrogen-bond acceptors (Lipinski definition) is 6. The highest BCUT2D eigenvalue weighted by Gasteiger charge is 2.29. The number of ether oxygens (including phenoxy) is 2. The van der Waals surface area contributed by atoms with E-state index in [1.165, 1.54) is 11.1 Å². The third kappa shape index (κ3) is 10.0. The normalized spacial score (nSPS) is 13.5. The molecule has 0 fully saturated rings. The number of phenols is 2. The lowest BCUT2D eigenvalue weighted by Gasteiger charge is -2.28. The van der Waals surface area contributed by atoms with Gasteiger partial charge in [0.25, 0.3) is 0 Å². The zero-order chi connectivity index (χ0) is 44.8. The van der Waals surface area contributed by atoms with E-state index in [2.05, 4.69) is 142 Å². The second-order valence-corrected chi connectivity index (χ2v) is 21.5. The van der Waals surface area contributed by atoms with Crippen LogP contribution in [-0.2, 0) is 60.6 Å². The van der Waals surface area contributed by atoms with Crippen LogP contribution >= 0.6 is 0 Å². The minimum absolute atomic E-state index is 0.188. The Bertz CT molecular complexity index is 2390. The molecule has 7 rings (SSSR count). The lowest BCUT2D eigenvalue weighted by molar-refractivity contribution is 0.292. The molecule has 62 heavy (non-hydrogen) atoms. The monoisotopic (exact) mass is 831 g/mol. The third-order valence-corrected chi connectivity index (χ3v) is 12.2. The Morgan fingerprint density at radius 3 is 0.919 bits per heavy atom. The molecule has 6 nitrogen and oxygen atoms in total. The molecule has 0 aliphatic heterocycles. The highest BCUT2D eigenvalue weighted by atomic mass is 16.5. The zero-order valence-corrected chi connectivity index (χ0v) is 39.1. The van der Waals surface area contributed by atoms with E-state index in [0.29, 0.717) is 25.7 Å². The topological polar surface area (TPSA) is 84.7 Å². The molecule has 0 spiro atoms. The van der Waals surface area contributed by atoms with Gasteiger partial charge in [-0.1, -0.05) is 144 Å². The molecule has 0 saturated carbocycles. The number of aromatic hydroxyl groups is 2. The first-order valence-electron chi connectivity index (χ1n) is 22.1. The smallest absolute Gasteiger partial charge is 0.130 e. The van der Waals surface area contributed by atoms with Gasteiger partial charge < -0.3 is 19.7 Å². The second kappa shape index (κ2) is 16.9. The van der Waals surface area contributed by atoms with E-state index < -0.39 is 0 Å². The molecule has 1 aliphatic carbocycles. The summed E-state index contributed by atoms with van der Waals surface area (Å²) in [4.78, 5) is 9.25. The Morgan fingerprint density at radius 1 is 0.403 bits per heavy atom. The van der Waals surface area contributed by atoms with Crippen molar-refractivity contribution >= 4 is 0 Å². The first-order valence-corrected chi connectivity index (χ1v) is 22.1. The molecule has 8 bridgehead atoms. The quantitative estimate of drug-likeness (QED) is 0.174. The van der Waals surface area contributed by atoms with Crippen molar-refractivity contribution in [2.24, 2.45) is 0 Å². The number of rotatable bonds is 6. The van der Waals surface area contributed by atoms with Gasteiger partial charge in [0.05, 0.1) is 11.4 Å². The first-order chi connectivity index (χ1) is 29.0. The summed E-state index contributed by atoms with van der Waals surface area (Å²) in [5.74, 6) is 2.06. The van der Waals surface area contributed by atoms with E-state index in [0.717, 1.165) is 78.5 Å². The number of fused-ring (bicyclic) bond motifs is 8. The molecule has 6 aromatic rings. The summed E-state index contributed by atoms with van der Waals surface area (Å²) in [6, 6.07) is 29.5. The predicted molar refractivity (Wildman–Crippen MR) is 252 cm³/mol. The van der Waals surface area contributed by atoms with Crippen molar-refractivity contribution in [2.75, 3.05) is 0 Å². The molecule has 2 aromatic heterocycles. The van der Waals surface area contributed by atoms with Crippen LogP contribution in [0, 0.1) is 0 Å². The largest absolute Gasteiger partial charge is 0.507 e. The molecule has 0 amide bonds. The minimum Gasteiger partial charge on any atom is -0.507 e. The van der Waals surface area contributed by atoms with Gasteiger partial charge in [-0.05, 0) is 113 Å². The van der Waals surface area contributed by atoms with Gasteiger partial charge >= 0.3 is 0 Å². The molecule has 4 aromatic carbocycles. The van der Waals surface area contributed by atoms with Gasteiger partial charge in [0, 0.05) is 38.1 Å². The van der Waals surface area contributed by atoms with Crippen molar-refractivity contribution in [2.45, 2.75) is 144 Å². The maximum atomic E-state index is 12.4. The lowest BCUT2D eigenvalue weighted by Crippen LogP contribution is -2.17. The molecule has 0 unspecified atom stereocenters. The van der Waals surface area contributed by atoms with E-state index >= 15 is 0 Å². The van der Waals surface area contributed by atoms with Gasteiger partial charge in [-0.3, -0.25) is 9.97 Å². The Kier molecular flexibility index (Phi) is 12.1. The van der Waals surface area contributed by atoms with Crippen molar-refractivity contribution in [3.63, 3.8) is 0 Å². The van der Waals surface area contributed by atoms with Gasteiger partial charge in [0.2, 0.25) is 0 Å². The molecule has 6 heteroatoms. The van der Waals surface area contributed by atoms with Crippen LogP contribution in [0.3, 0.4) is 0 Å². The van der Waals surface area contributed by atoms with Gasteiger partial charge in [-0.25, -0.2) is 0 Å². The SMILES string of the molecule is CC(C)(C)c1cc2c(O)c(c1)Cc1cc(C(C)(C)C)cc(c1OCc1ccccn1)Cc1cc(C(C)(C)C)cc(c1OCc1ccccn1)Cc1cc(C(C)(C)C)cc(c1O)C2. The van der Waals surface area contributed by atoms with Crippen molar-refractivity contribution in [1.29, 1.82) is 0 Å². The summed E-state index contributed by atoms with van der Waals surface area (Å²) in [7, 11) is 0. The molecule has 0 saturated heterocycles. The van der Waals surface area contributed by atoms with Crippen molar-refractivity contribution in [3.8, 4) is 23.0 Å². The number of benzene rings is 4. The highest BCUT2D eigenvalue weighted by molar-refractivity contribution is 5.59. The molecule has 1 aliphatic rings. The van der Waals surface area contributed by atoms with Crippen LogP contribution in [0.1, 0.15) is 161 Å². The van der Waals surface area contributed by atoms with Crippen LogP contribution in [0.15, 0.2) is 97.3 Å². The van der Waals surface area contributed by atoms with Crippen LogP contribution in [0.4, 0.5) is 0 Å². The number of pyridine rings is 2. The molecule has 0 radical (unpaired) electrons. The fourth-order valence-electron chi connectivity index (χ4n) is 8.28. The first kappa shape index (κ1) is 44.4. The van der Waals surface area contributed by atoms with Crippen molar-refractivity contribution in [3.05, 3.63) is 175 Å².